The van der Waals surface area contributed by atoms with Crippen LogP contribution in [0.15, 0.2) is 30.3 Å². The van der Waals surface area contributed by atoms with Crippen molar-refractivity contribution in [1.29, 1.82) is 0 Å². The smallest absolute Gasteiger partial charge is 0.0316 e. The molecule has 2 unspecified atom stereocenters. The minimum Gasteiger partial charge on any atom is -0.328 e. The fraction of sp³-hybridized carbons (Fsp3) is 0.538. The monoisotopic (exact) mass is 206 g/mol. The molecule has 84 valence electrons. The van der Waals surface area contributed by atoms with Crippen molar-refractivity contribution in [3.05, 3.63) is 35.9 Å². The Kier molecular flexibility index (Phi) is 4.79. The van der Waals surface area contributed by atoms with Crippen molar-refractivity contribution in [2.75, 3.05) is 13.6 Å². The molecule has 2 atom stereocenters. The summed E-state index contributed by atoms with van der Waals surface area (Å²) in [7, 11) is 2.15. The van der Waals surface area contributed by atoms with Crippen LogP contribution >= 0.6 is 0 Å². The predicted octanol–water partition coefficient (Wildman–Crippen LogP) is 2.42. The first-order valence-corrected chi connectivity index (χ1v) is 5.62. The number of hydrogen-bond acceptors (Lipinski definition) is 2. The average Bonchev–Trinajstić information content (AvgIpc) is 2.26. The van der Waals surface area contributed by atoms with Crippen molar-refractivity contribution in [2.45, 2.75) is 32.4 Å². The van der Waals surface area contributed by atoms with Gasteiger partial charge in [-0.3, -0.25) is 4.90 Å². The fourth-order valence-electron chi connectivity index (χ4n) is 1.59. The molecule has 0 amide bonds. The number of nitrogens with zero attached hydrogens (tertiary/aromatic N) is 1. The van der Waals surface area contributed by atoms with Crippen LogP contribution in [0.3, 0.4) is 0 Å². The van der Waals surface area contributed by atoms with E-state index >= 15 is 0 Å². The minimum absolute atomic E-state index is 0.287. The van der Waals surface area contributed by atoms with Crippen LogP contribution in [0.5, 0.6) is 0 Å². The number of benzene rings is 1. The van der Waals surface area contributed by atoms with Gasteiger partial charge in [0.05, 0.1) is 0 Å². The summed E-state index contributed by atoms with van der Waals surface area (Å²) in [5, 5.41) is 0. The molecule has 15 heavy (non-hydrogen) atoms. The second kappa shape index (κ2) is 5.89. The zero-order valence-corrected chi connectivity index (χ0v) is 9.98. The van der Waals surface area contributed by atoms with Gasteiger partial charge in [-0.1, -0.05) is 30.3 Å². The van der Waals surface area contributed by atoms with E-state index in [0.717, 1.165) is 13.0 Å². The molecule has 0 spiro atoms. The van der Waals surface area contributed by atoms with Gasteiger partial charge in [-0.25, -0.2) is 0 Å². The third kappa shape index (κ3) is 4.02. The topological polar surface area (TPSA) is 29.3 Å². The lowest BCUT2D eigenvalue weighted by molar-refractivity contribution is 0.253. The maximum Gasteiger partial charge on any atom is 0.0316 e. The molecule has 0 aromatic heterocycles. The summed E-state index contributed by atoms with van der Waals surface area (Å²) in [4.78, 5) is 2.35. The maximum atomic E-state index is 5.75. The van der Waals surface area contributed by atoms with Gasteiger partial charge in [-0.05, 0) is 39.4 Å². The van der Waals surface area contributed by atoms with Crippen LogP contribution in [0.1, 0.15) is 31.9 Å². The summed E-state index contributed by atoms with van der Waals surface area (Å²) in [5.41, 5.74) is 7.12. The van der Waals surface area contributed by atoms with Crippen LogP contribution in [-0.4, -0.2) is 24.5 Å². The Labute approximate surface area is 93.1 Å². The van der Waals surface area contributed by atoms with Gasteiger partial charge >= 0.3 is 0 Å². The van der Waals surface area contributed by atoms with E-state index in [4.69, 9.17) is 5.73 Å². The number of nitrogens with two attached hydrogens (primary N) is 1. The van der Waals surface area contributed by atoms with Crippen LogP contribution < -0.4 is 5.73 Å². The van der Waals surface area contributed by atoms with E-state index in [1.807, 2.05) is 0 Å². The van der Waals surface area contributed by atoms with Crippen molar-refractivity contribution in [3.8, 4) is 0 Å². The summed E-state index contributed by atoms with van der Waals surface area (Å²) in [6.07, 6.45) is 1.05. The summed E-state index contributed by atoms with van der Waals surface area (Å²) < 4.78 is 0. The lowest BCUT2D eigenvalue weighted by atomic mass is 10.1. The Bertz CT molecular complexity index is 269. The van der Waals surface area contributed by atoms with Crippen LogP contribution in [0, 0.1) is 0 Å². The zero-order valence-electron chi connectivity index (χ0n) is 9.98. The Morgan fingerprint density at radius 3 is 2.33 bits per heavy atom. The highest BCUT2D eigenvalue weighted by Gasteiger charge is 2.10. The molecular formula is C13H22N2. The van der Waals surface area contributed by atoms with Crippen LogP contribution in [-0.2, 0) is 0 Å². The van der Waals surface area contributed by atoms with Crippen molar-refractivity contribution in [2.24, 2.45) is 5.73 Å². The van der Waals surface area contributed by atoms with Gasteiger partial charge < -0.3 is 5.73 Å². The molecule has 0 saturated heterocycles. The molecule has 2 N–H and O–H groups in total. The van der Waals surface area contributed by atoms with E-state index in [0.29, 0.717) is 6.04 Å². The molecule has 2 heteroatoms. The van der Waals surface area contributed by atoms with Crippen molar-refractivity contribution in [1.82, 2.24) is 4.90 Å². The maximum absolute atomic E-state index is 5.75. The van der Waals surface area contributed by atoms with Gasteiger partial charge in [0.1, 0.15) is 0 Å². The van der Waals surface area contributed by atoms with Crippen molar-refractivity contribution < 1.29 is 0 Å². The SMILES string of the molecule is CC(N)CCN(C)C(C)c1ccccc1. The summed E-state index contributed by atoms with van der Waals surface area (Å²) in [5.74, 6) is 0. The van der Waals surface area contributed by atoms with Crippen LogP contribution in [0.2, 0.25) is 0 Å². The fourth-order valence-corrected chi connectivity index (χ4v) is 1.59. The summed E-state index contributed by atoms with van der Waals surface area (Å²) >= 11 is 0. The van der Waals surface area contributed by atoms with Gasteiger partial charge in [0.15, 0.2) is 0 Å². The van der Waals surface area contributed by atoms with Gasteiger partial charge in [0.2, 0.25) is 0 Å². The normalized spacial score (nSPS) is 15.3. The zero-order chi connectivity index (χ0) is 11.3. The highest BCUT2D eigenvalue weighted by atomic mass is 15.1. The number of rotatable bonds is 5. The lowest BCUT2D eigenvalue weighted by Crippen LogP contribution is -2.28. The molecule has 0 bridgehead atoms. The van der Waals surface area contributed by atoms with Crippen molar-refractivity contribution in [3.63, 3.8) is 0 Å². The van der Waals surface area contributed by atoms with E-state index in [1.165, 1.54) is 5.56 Å². The molecule has 0 aliphatic carbocycles. The largest absolute Gasteiger partial charge is 0.328 e. The lowest BCUT2D eigenvalue weighted by Gasteiger charge is -2.25. The van der Waals surface area contributed by atoms with Crippen LogP contribution in [0.25, 0.3) is 0 Å². The summed E-state index contributed by atoms with van der Waals surface area (Å²) in [6, 6.07) is 11.3. The highest BCUT2D eigenvalue weighted by molar-refractivity contribution is 5.18. The predicted molar refractivity (Wildman–Crippen MR) is 65.8 cm³/mol. The molecule has 1 aromatic rings. The first kappa shape index (κ1) is 12.2. The molecule has 0 fully saturated rings. The van der Waals surface area contributed by atoms with Gasteiger partial charge in [-0.2, -0.15) is 0 Å². The van der Waals surface area contributed by atoms with E-state index in [-0.39, 0.29) is 6.04 Å². The Morgan fingerprint density at radius 1 is 1.20 bits per heavy atom. The molecule has 0 aliphatic heterocycles. The third-order valence-electron chi connectivity index (χ3n) is 2.88. The van der Waals surface area contributed by atoms with Gasteiger partial charge in [0, 0.05) is 12.1 Å². The summed E-state index contributed by atoms with van der Waals surface area (Å²) in [6.45, 7) is 5.34. The minimum atomic E-state index is 0.287. The van der Waals surface area contributed by atoms with E-state index < -0.39 is 0 Å². The molecule has 0 heterocycles. The molecule has 0 aliphatic rings. The third-order valence-corrected chi connectivity index (χ3v) is 2.88. The molecule has 1 aromatic carbocycles. The van der Waals surface area contributed by atoms with Crippen molar-refractivity contribution >= 4 is 0 Å². The molecule has 0 radical (unpaired) electrons. The van der Waals surface area contributed by atoms with Gasteiger partial charge in [0.25, 0.3) is 0 Å². The first-order chi connectivity index (χ1) is 7.11. The average molecular weight is 206 g/mol. The van der Waals surface area contributed by atoms with E-state index in [1.54, 1.807) is 0 Å². The Morgan fingerprint density at radius 2 is 1.80 bits per heavy atom. The van der Waals surface area contributed by atoms with Gasteiger partial charge in [-0.15, -0.1) is 0 Å². The second-order valence-electron chi connectivity index (χ2n) is 4.33. The second-order valence-corrected chi connectivity index (χ2v) is 4.33. The molecule has 1 rings (SSSR count). The Balaban J connectivity index is 2.49. The highest BCUT2D eigenvalue weighted by Crippen LogP contribution is 2.18. The first-order valence-electron chi connectivity index (χ1n) is 5.62. The standard InChI is InChI=1S/C13H22N2/c1-11(14)9-10-15(3)12(2)13-7-5-4-6-8-13/h4-8,11-12H,9-10,14H2,1-3H3. The van der Waals surface area contributed by atoms with E-state index in [9.17, 15) is 0 Å². The quantitative estimate of drug-likeness (QED) is 0.801. The Hall–Kier alpha value is -0.860. The molecular weight excluding hydrogens is 184 g/mol. The molecule has 2 nitrogen and oxygen atoms in total. The van der Waals surface area contributed by atoms with Crippen LogP contribution in [0.4, 0.5) is 0 Å². The van der Waals surface area contributed by atoms with E-state index in [2.05, 4.69) is 56.1 Å². The number of hydrogen-bond donors (Lipinski definition) is 1. The molecule has 0 saturated carbocycles.